The highest BCUT2D eigenvalue weighted by molar-refractivity contribution is 9.10. The molecule has 0 bridgehead atoms. The number of ketones is 1. The van der Waals surface area contributed by atoms with Crippen molar-refractivity contribution in [3.05, 3.63) is 52.0 Å². The Bertz CT molecular complexity index is 625. The third-order valence-electron chi connectivity index (χ3n) is 2.40. The summed E-state index contributed by atoms with van der Waals surface area (Å²) in [5, 5.41) is 8.80. The first kappa shape index (κ1) is 11.6. The molecular formula is C12H8BrN3O. The fourth-order valence-electron chi connectivity index (χ4n) is 1.47. The fourth-order valence-corrected chi connectivity index (χ4v) is 1.94. The molecule has 0 amide bonds. The van der Waals surface area contributed by atoms with Crippen molar-refractivity contribution in [2.45, 2.75) is 0 Å². The number of aryl methyl sites for hydroxylation is 1. The number of carbonyl (C=O) groups excluding carboxylic acids is 1. The number of nitrogens with zero attached hydrogens (tertiary/aromatic N) is 3. The summed E-state index contributed by atoms with van der Waals surface area (Å²) in [5.41, 5.74) is 1.55. The Labute approximate surface area is 107 Å². The Morgan fingerprint density at radius 1 is 1.53 bits per heavy atom. The maximum absolute atomic E-state index is 12.1. The molecule has 0 saturated heterocycles. The van der Waals surface area contributed by atoms with Crippen LogP contribution in [0, 0.1) is 11.3 Å². The van der Waals surface area contributed by atoms with E-state index in [1.165, 1.54) is 6.20 Å². The molecule has 0 aliphatic carbocycles. The zero-order valence-corrected chi connectivity index (χ0v) is 10.6. The van der Waals surface area contributed by atoms with Crippen molar-refractivity contribution in [1.82, 2.24) is 9.55 Å². The minimum Gasteiger partial charge on any atom is -0.331 e. The molecule has 4 nitrogen and oxygen atoms in total. The number of hydrogen-bond acceptors (Lipinski definition) is 3. The summed E-state index contributed by atoms with van der Waals surface area (Å²) in [7, 11) is 1.76. The molecule has 0 fully saturated rings. The average Bonchev–Trinajstić information content (AvgIpc) is 2.74. The van der Waals surface area contributed by atoms with Gasteiger partial charge in [0.1, 0.15) is 11.8 Å². The summed E-state index contributed by atoms with van der Waals surface area (Å²) < 4.78 is 2.28. The molecule has 84 valence electrons. The predicted octanol–water partition coefficient (Wildman–Crippen LogP) is 2.29. The number of rotatable bonds is 2. The zero-order chi connectivity index (χ0) is 12.4. The lowest BCUT2D eigenvalue weighted by Gasteiger charge is -2.03. The maximum atomic E-state index is 12.1. The number of hydrogen-bond donors (Lipinski definition) is 0. The molecule has 1 aromatic carbocycles. The molecule has 0 aliphatic rings. The van der Waals surface area contributed by atoms with Crippen LogP contribution in [-0.2, 0) is 7.05 Å². The minimum absolute atomic E-state index is 0.116. The van der Waals surface area contributed by atoms with Gasteiger partial charge in [0, 0.05) is 17.1 Å². The SMILES string of the molecule is Cn1cncc1C(=O)c1ccc(C#N)c(Br)c1. The maximum Gasteiger partial charge on any atom is 0.211 e. The molecule has 0 spiro atoms. The first-order chi connectivity index (χ1) is 8.13. The van der Waals surface area contributed by atoms with E-state index in [1.54, 1.807) is 36.1 Å². The van der Waals surface area contributed by atoms with Crippen molar-refractivity contribution in [2.24, 2.45) is 7.05 Å². The molecule has 1 heterocycles. The Balaban J connectivity index is 2.43. The number of imidazole rings is 1. The van der Waals surface area contributed by atoms with Crippen molar-refractivity contribution in [1.29, 1.82) is 5.26 Å². The molecule has 2 aromatic rings. The monoisotopic (exact) mass is 289 g/mol. The van der Waals surface area contributed by atoms with E-state index in [1.807, 2.05) is 6.07 Å². The van der Waals surface area contributed by atoms with E-state index in [2.05, 4.69) is 20.9 Å². The van der Waals surface area contributed by atoms with Crippen LogP contribution < -0.4 is 0 Å². The number of nitriles is 1. The highest BCUT2D eigenvalue weighted by Gasteiger charge is 2.13. The molecule has 0 N–H and O–H groups in total. The van der Waals surface area contributed by atoms with Gasteiger partial charge in [-0.2, -0.15) is 5.26 Å². The van der Waals surface area contributed by atoms with Gasteiger partial charge in [-0.15, -0.1) is 0 Å². The lowest BCUT2D eigenvalue weighted by atomic mass is 10.1. The normalized spacial score (nSPS) is 9.94. The van der Waals surface area contributed by atoms with Crippen LogP contribution in [0.1, 0.15) is 21.6 Å². The first-order valence-corrected chi connectivity index (χ1v) is 5.63. The van der Waals surface area contributed by atoms with Crippen molar-refractivity contribution in [3.8, 4) is 6.07 Å². The average molecular weight is 290 g/mol. The van der Waals surface area contributed by atoms with Crippen molar-refractivity contribution >= 4 is 21.7 Å². The van der Waals surface area contributed by atoms with E-state index >= 15 is 0 Å². The highest BCUT2D eigenvalue weighted by atomic mass is 79.9. The molecular weight excluding hydrogens is 282 g/mol. The van der Waals surface area contributed by atoms with Gasteiger partial charge in [0.2, 0.25) is 5.78 Å². The third-order valence-corrected chi connectivity index (χ3v) is 3.06. The second-order valence-electron chi connectivity index (χ2n) is 3.53. The van der Waals surface area contributed by atoms with Gasteiger partial charge in [-0.25, -0.2) is 4.98 Å². The molecule has 0 radical (unpaired) electrons. The van der Waals surface area contributed by atoms with E-state index < -0.39 is 0 Å². The van der Waals surface area contributed by atoms with Gasteiger partial charge in [-0.3, -0.25) is 4.79 Å². The second-order valence-corrected chi connectivity index (χ2v) is 4.38. The second kappa shape index (κ2) is 4.52. The highest BCUT2D eigenvalue weighted by Crippen LogP contribution is 2.19. The summed E-state index contributed by atoms with van der Waals surface area (Å²) in [6, 6.07) is 6.93. The predicted molar refractivity (Wildman–Crippen MR) is 65.5 cm³/mol. The smallest absolute Gasteiger partial charge is 0.211 e. The Morgan fingerprint density at radius 2 is 2.29 bits per heavy atom. The van der Waals surface area contributed by atoms with Crippen LogP contribution in [-0.4, -0.2) is 15.3 Å². The van der Waals surface area contributed by atoms with Crippen LogP contribution in [0.2, 0.25) is 0 Å². The molecule has 1 aromatic heterocycles. The first-order valence-electron chi connectivity index (χ1n) is 4.84. The van der Waals surface area contributed by atoms with Crippen LogP contribution in [0.4, 0.5) is 0 Å². The molecule has 0 atom stereocenters. The minimum atomic E-state index is -0.116. The number of benzene rings is 1. The van der Waals surface area contributed by atoms with Crippen molar-refractivity contribution in [3.63, 3.8) is 0 Å². The molecule has 5 heteroatoms. The summed E-state index contributed by atoms with van der Waals surface area (Å²) >= 11 is 3.26. The standard InChI is InChI=1S/C12H8BrN3O/c1-16-7-15-6-11(16)12(17)8-2-3-9(5-14)10(13)4-8/h2-4,6-7H,1H3. The van der Waals surface area contributed by atoms with Gasteiger partial charge >= 0.3 is 0 Å². The van der Waals surface area contributed by atoms with Crippen molar-refractivity contribution < 1.29 is 4.79 Å². The quantitative estimate of drug-likeness (QED) is 0.797. The van der Waals surface area contributed by atoms with Gasteiger partial charge in [0.15, 0.2) is 0 Å². The van der Waals surface area contributed by atoms with Gasteiger partial charge in [0.25, 0.3) is 0 Å². The van der Waals surface area contributed by atoms with Crippen LogP contribution >= 0.6 is 15.9 Å². The number of carbonyl (C=O) groups is 1. The van der Waals surface area contributed by atoms with E-state index in [0.717, 1.165) is 0 Å². The Hall–Kier alpha value is -1.93. The lowest BCUT2D eigenvalue weighted by Crippen LogP contribution is -2.06. The summed E-state index contributed by atoms with van der Waals surface area (Å²) in [4.78, 5) is 16.0. The molecule has 0 aliphatic heterocycles. The van der Waals surface area contributed by atoms with Crippen molar-refractivity contribution in [2.75, 3.05) is 0 Å². The summed E-state index contributed by atoms with van der Waals surface area (Å²) in [5.74, 6) is -0.116. The fraction of sp³-hybridized carbons (Fsp3) is 0.0833. The van der Waals surface area contributed by atoms with Gasteiger partial charge in [0.05, 0.1) is 18.1 Å². The number of aromatic nitrogens is 2. The lowest BCUT2D eigenvalue weighted by molar-refractivity contribution is 0.103. The number of halogens is 1. The van der Waals surface area contributed by atoms with Gasteiger partial charge in [-0.05, 0) is 34.1 Å². The summed E-state index contributed by atoms with van der Waals surface area (Å²) in [6.07, 6.45) is 3.10. The topological polar surface area (TPSA) is 58.7 Å². The van der Waals surface area contributed by atoms with E-state index in [4.69, 9.17) is 5.26 Å². The third kappa shape index (κ3) is 2.12. The van der Waals surface area contributed by atoms with Crippen LogP contribution in [0.3, 0.4) is 0 Å². The zero-order valence-electron chi connectivity index (χ0n) is 9.01. The Kier molecular flexibility index (Phi) is 3.07. The molecule has 0 saturated carbocycles. The molecule has 0 unspecified atom stereocenters. The van der Waals surface area contributed by atoms with E-state index in [9.17, 15) is 4.79 Å². The molecule has 2 rings (SSSR count). The van der Waals surface area contributed by atoms with Gasteiger partial charge in [-0.1, -0.05) is 0 Å². The van der Waals surface area contributed by atoms with Gasteiger partial charge < -0.3 is 4.57 Å². The largest absolute Gasteiger partial charge is 0.331 e. The van der Waals surface area contributed by atoms with E-state index in [-0.39, 0.29) is 5.78 Å². The van der Waals surface area contributed by atoms with Crippen LogP contribution in [0.5, 0.6) is 0 Å². The summed E-state index contributed by atoms with van der Waals surface area (Å²) in [6.45, 7) is 0. The van der Waals surface area contributed by atoms with Crippen LogP contribution in [0.25, 0.3) is 0 Å². The van der Waals surface area contributed by atoms with E-state index in [0.29, 0.717) is 21.3 Å². The Morgan fingerprint density at radius 3 is 2.82 bits per heavy atom. The molecule has 17 heavy (non-hydrogen) atoms. The van der Waals surface area contributed by atoms with Crippen LogP contribution in [0.15, 0.2) is 35.2 Å².